The highest BCUT2D eigenvalue weighted by Crippen LogP contribution is 2.64. The molecule has 3 aliphatic carbocycles. The Kier molecular flexibility index (Phi) is 8.08. The van der Waals surface area contributed by atoms with Crippen molar-refractivity contribution in [2.24, 2.45) is 28.6 Å². The van der Waals surface area contributed by atoms with E-state index in [1.165, 1.54) is 6.42 Å². The summed E-state index contributed by atoms with van der Waals surface area (Å²) in [6.45, 7) is 23.9. The molecule has 3 saturated carbocycles. The molecule has 8 heteroatoms. The summed E-state index contributed by atoms with van der Waals surface area (Å²) in [6, 6.07) is 0. The molecule has 7 atom stereocenters. The average Bonchev–Trinajstić information content (AvgIpc) is 3.02. The summed E-state index contributed by atoms with van der Waals surface area (Å²) >= 11 is 6.87. The van der Waals surface area contributed by atoms with Gasteiger partial charge in [-0.1, -0.05) is 55.4 Å². The summed E-state index contributed by atoms with van der Waals surface area (Å²) in [5.74, 6) is -0.140. The number of carboxylic acids is 1. The molecular formula is C27H50BClO5Si. The largest absolute Gasteiger partial charge is 0.481 e. The summed E-state index contributed by atoms with van der Waals surface area (Å²) in [6.07, 6.45) is 4.17. The van der Waals surface area contributed by atoms with Crippen molar-refractivity contribution in [1.29, 1.82) is 0 Å². The number of hydrogen-bond donors (Lipinski definition) is 1. The van der Waals surface area contributed by atoms with Crippen LogP contribution in [0.25, 0.3) is 0 Å². The van der Waals surface area contributed by atoms with Gasteiger partial charge in [0.25, 0.3) is 0 Å². The quantitative estimate of drug-likeness (QED) is 0.254. The Morgan fingerprint density at radius 3 is 2.26 bits per heavy atom. The minimum absolute atomic E-state index is 0.00687. The van der Waals surface area contributed by atoms with E-state index in [4.69, 9.17) is 25.3 Å². The fraction of sp³-hybridized carbons (Fsp3) is 0.963. The average molecular weight is 529 g/mol. The zero-order chi connectivity index (χ0) is 26.8. The third-order valence-corrected chi connectivity index (χ3v) is 14.8. The van der Waals surface area contributed by atoms with Crippen LogP contribution in [0.3, 0.4) is 0 Å². The number of halogens is 1. The maximum atomic E-state index is 12.4. The van der Waals surface area contributed by atoms with E-state index in [-0.39, 0.29) is 28.1 Å². The maximum Gasteiger partial charge on any atom is 0.476 e. The molecule has 1 heterocycles. The molecule has 0 radical (unpaired) electrons. The van der Waals surface area contributed by atoms with Crippen LogP contribution >= 0.6 is 11.6 Å². The van der Waals surface area contributed by atoms with Crippen molar-refractivity contribution >= 4 is 33.0 Å². The lowest BCUT2D eigenvalue weighted by molar-refractivity contribution is -0.185. The molecule has 202 valence electrons. The van der Waals surface area contributed by atoms with E-state index in [1.54, 1.807) is 0 Å². The first-order valence-corrected chi connectivity index (χ1v) is 16.9. The number of alkyl halides is 1. The number of hydrogen-bond acceptors (Lipinski definition) is 4. The van der Waals surface area contributed by atoms with Gasteiger partial charge in [0.1, 0.15) is 0 Å². The van der Waals surface area contributed by atoms with Gasteiger partial charge in [0, 0.05) is 0 Å². The third kappa shape index (κ3) is 5.69. The SMILES string of the molecule is CC(C)(C)C(C(=O)O)C(CCC[C@@H](Cl)B1O[C@@H]2[C@@H]3C[C@H](C[C@]2(C)O1)C3(C)C)O[Si](C)(C)C(C)(C)C. The van der Waals surface area contributed by atoms with Gasteiger partial charge >= 0.3 is 13.1 Å². The van der Waals surface area contributed by atoms with Crippen LogP contribution in [-0.4, -0.2) is 49.6 Å². The molecule has 0 aromatic heterocycles. The van der Waals surface area contributed by atoms with Crippen LogP contribution in [-0.2, 0) is 18.5 Å². The first-order chi connectivity index (χ1) is 15.7. The minimum Gasteiger partial charge on any atom is -0.481 e. The second-order valence-electron chi connectivity index (χ2n) is 15.0. The van der Waals surface area contributed by atoms with Crippen LogP contribution in [0.5, 0.6) is 0 Å². The summed E-state index contributed by atoms with van der Waals surface area (Å²) in [4.78, 5) is 12.4. The monoisotopic (exact) mass is 528 g/mol. The molecular weight excluding hydrogens is 479 g/mol. The topological polar surface area (TPSA) is 65.0 Å². The van der Waals surface area contributed by atoms with Crippen LogP contribution < -0.4 is 0 Å². The Morgan fingerprint density at radius 1 is 1.17 bits per heavy atom. The Labute approximate surface area is 220 Å². The molecule has 1 N–H and O–H groups in total. The summed E-state index contributed by atoms with van der Waals surface area (Å²) < 4.78 is 19.7. The highest BCUT2D eigenvalue weighted by atomic mass is 35.5. The highest BCUT2D eigenvalue weighted by Gasteiger charge is 2.67. The fourth-order valence-electron chi connectivity index (χ4n) is 6.48. The van der Waals surface area contributed by atoms with Gasteiger partial charge in [0.2, 0.25) is 0 Å². The Balaban J connectivity index is 1.65. The number of carboxylic acid groups (broad SMARTS) is 1. The smallest absolute Gasteiger partial charge is 0.476 e. The Hall–Kier alpha value is -0.0782. The minimum atomic E-state index is -2.15. The third-order valence-electron chi connectivity index (χ3n) is 9.92. The summed E-state index contributed by atoms with van der Waals surface area (Å²) in [5, 5.41) is 9.89. The molecule has 35 heavy (non-hydrogen) atoms. The molecule has 0 spiro atoms. The zero-order valence-electron chi connectivity index (χ0n) is 24.0. The Morgan fingerprint density at radius 2 is 1.77 bits per heavy atom. The van der Waals surface area contributed by atoms with Crippen molar-refractivity contribution in [3.8, 4) is 0 Å². The molecule has 4 fully saturated rings. The normalized spacial score (nSPS) is 33.0. The van der Waals surface area contributed by atoms with Crippen LogP contribution in [0.1, 0.15) is 94.4 Å². The van der Waals surface area contributed by atoms with E-state index in [0.717, 1.165) is 12.8 Å². The molecule has 4 aliphatic rings. The lowest BCUT2D eigenvalue weighted by atomic mass is 9.45. The van der Waals surface area contributed by atoms with Gasteiger partial charge in [-0.05, 0) is 79.8 Å². The van der Waals surface area contributed by atoms with Gasteiger partial charge in [0.05, 0.1) is 29.0 Å². The molecule has 2 unspecified atom stereocenters. The lowest BCUT2D eigenvalue weighted by Gasteiger charge is -2.63. The van der Waals surface area contributed by atoms with Gasteiger partial charge in [0.15, 0.2) is 8.32 Å². The van der Waals surface area contributed by atoms with Crippen LogP contribution in [0.2, 0.25) is 18.1 Å². The van der Waals surface area contributed by atoms with Crippen molar-refractivity contribution in [3.63, 3.8) is 0 Å². The van der Waals surface area contributed by atoms with Crippen molar-refractivity contribution in [3.05, 3.63) is 0 Å². The van der Waals surface area contributed by atoms with Crippen molar-refractivity contribution in [1.82, 2.24) is 0 Å². The molecule has 5 nitrogen and oxygen atoms in total. The van der Waals surface area contributed by atoms with Gasteiger partial charge in [-0.2, -0.15) is 0 Å². The van der Waals surface area contributed by atoms with Crippen molar-refractivity contribution in [2.75, 3.05) is 0 Å². The van der Waals surface area contributed by atoms with E-state index >= 15 is 0 Å². The van der Waals surface area contributed by atoms with Crippen LogP contribution in [0, 0.1) is 28.6 Å². The second kappa shape index (κ2) is 9.59. The molecule has 2 bridgehead atoms. The van der Waals surface area contributed by atoms with Gasteiger partial charge in [-0.15, -0.1) is 11.6 Å². The van der Waals surface area contributed by atoms with E-state index in [9.17, 15) is 9.90 Å². The van der Waals surface area contributed by atoms with E-state index in [2.05, 4.69) is 54.6 Å². The standard InChI is InChI=1S/C27H50BClO5Si/c1-24(2,3)21(23(30)31)19(33-35(10,11)25(4,5)6)13-12-14-20(29)28-32-22-18-15-17(26(18,7)8)16-27(22,9)34-28/h17-22H,12-16H2,1-11H3,(H,30,31)/t17-,18+,19?,20-,21?,22-,27+/m1/s1. The lowest BCUT2D eigenvalue weighted by Crippen LogP contribution is -2.63. The van der Waals surface area contributed by atoms with E-state index in [0.29, 0.717) is 30.1 Å². The number of carbonyl (C=O) groups is 1. The first kappa shape index (κ1) is 29.5. The predicted octanol–water partition coefficient (Wildman–Crippen LogP) is 7.17. The summed E-state index contributed by atoms with van der Waals surface area (Å²) in [5.41, 5.74) is -0.332. The molecule has 1 aliphatic heterocycles. The Bertz CT molecular complexity index is 791. The number of rotatable bonds is 9. The summed E-state index contributed by atoms with van der Waals surface area (Å²) in [7, 11) is -2.56. The molecule has 0 aromatic carbocycles. The highest BCUT2D eigenvalue weighted by molar-refractivity contribution is 6.74. The van der Waals surface area contributed by atoms with Gasteiger partial charge in [-0.25, -0.2) is 0 Å². The molecule has 1 saturated heterocycles. The maximum absolute atomic E-state index is 12.4. The number of aliphatic carboxylic acids is 1. The van der Waals surface area contributed by atoms with Crippen molar-refractivity contribution in [2.45, 2.75) is 136 Å². The first-order valence-electron chi connectivity index (χ1n) is 13.6. The zero-order valence-corrected chi connectivity index (χ0v) is 25.8. The van der Waals surface area contributed by atoms with Gasteiger partial charge in [-0.3, -0.25) is 4.79 Å². The van der Waals surface area contributed by atoms with Crippen molar-refractivity contribution < 1.29 is 23.6 Å². The predicted molar refractivity (Wildman–Crippen MR) is 146 cm³/mol. The van der Waals surface area contributed by atoms with E-state index in [1.807, 2.05) is 20.8 Å². The van der Waals surface area contributed by atoms with Crippen LogP contribution in [0.4, 0.5) is 0 Å². The van der Waals surface area contributed by atoms with Gasteiger partial charge < -0.3 is 18.8 Å². The second-order valence-corrected chi connectivity index (χ2v) is 20.3. The van der Waals surface area contributed by atoms with E-state index < -0.39 is 32.7 Å². The van der Waals surface area contributed by atoms with Crippen LogP contribution in [0.15, 0.2) is 0 Å². The molecule has 0 amide bonds. The molecule has 4 rings (SSSR count). The fourth-order valence-corrected chi connectivity index (χ4v) is 8.11. The molecule has 0 aromatic rings.